The molecule has 0 aliphatic carbocycles. The lowest BCUT2D eigenvalue weighted by molar-refractivity contribution is -0.139. The highest BCUT2D eigenvalue weighted by atomic mass is 16.5. The van der Waals surface area contributed by atoms with Crippen molar-refractivity contribution < 1.29 is 14.6 Å². The standard InChI is InChI=1S/C13H24O3/c1-4-5-8-12(14)9-6-7-10-16-13(15)11(2)3/h12,14H,2,4-10H2,1,3H3. The first-order valence-corrected chi connectivity index (χ1v) is 6.08. The third kappa shape index (κ3) is 8.48. The maximum Gasteiger partial charge on any atom is 0.333 e. The van der Waals surface area contributed by atoms with E-state index in [4.69, 9.17) is 4.74 Å². The number of carbonyl (C=O) groups excluding carboxylic acids is 1. The number of aliphatic hydroxyl groups is 1. The number of rotatable bonds is 9. The minimum Gasteiger partial charge on any atom is -0.462 e. The van der Waals surface area contributed by atoms with E-state index in [2.05, 4.69) is 13.5 Å². The molecule has 0 saturated carbocycles. The van der Waals surface area contributed by atoms with Crippen LogP contribution in [0.3, 0.4) is 0 Å². The van der Waals surface area contributed by atoms with Crippen LogP contribution in [0.1, 0.15) is 52.4 Å². The third-order valence-corrected chi connectivity index (χ3v) is 2.40. The van der Waals surface area contributed by atoms with E-state index in [-0.39, 0.29) is 12.1 Å². The van der Waals surface area contributed by atoms with Gasteiger partial charge in [0.25, 0.3) is 0 Å². The van der Waals surface area contributed by atoms with E-state index >= 15 is 0 Å². The van der Waals surface area contributed by atoms with Crippen molar-refractivity contribution in [1.29, 1.82) is 0 Å². The van der Waals surface area contributed by atoms with Crippen molar-refractivity contribution in [2.75, 3.05) is 6.61 Å². The molecule has 0 saturated heterocycles. The average Bonchev–Trinajstić information content (AvgIpc) is 2.25. The smallest absolute Gasteiger partial charge is 0.333 e. The summed E-state index contributed by atoms with van der Waals surface area (Å²) in [5.41, 5.74) is 0.433. The van der Waals surface area contributed by atoms with Gasteiger partial charge in [-0.1, -0.05) is 26.3 Å². The Balaban J connectivity index is 3.33. The Morgan fingerprint density at radius 2 is 1.94 bits per heavy atom. The van der Waals surface area contributed by atoms with E-state index in [1.807, 2.05) is 0 Å². The molecule has 0 aromatic rings. The first kappa shape index (κ1) is 15.2. The lowest BCUT2D eigenvalue weighted by atomic mass is 10.1. The van der Waals surface area contributed by atoms with Crippen LogP contribution in [0.2, 0.25) is 0 Å². The van der Waals surface area contributed by atoms with E-state index in [9.17, 15) is 9.90 Å². The minimum absolute atomic E-state index is 0.197. The van der Waals surface area contributed by atoms with E-state index in [1.54, 1.807) is 6.92 Å². The third-order valence-electron chi connectivity index (χ3n) is 2.40. The molecule has 0 fully saturated rings. The molecule has 0 aromatic heterocycles. The second-order valence-electron chi connectivity index (χ2n) is 4.21. The second-order valence-corrected chi connectivity index (χ2v) is 4.21. The van der Waals surface area contributed by atoms with Crippen molar-refractivity contribution in [1.82, 2.24) is 0 Å². The fourth-order valence-corrected chi connectivity index (χ4v) is 1.35. The predicted molar refractivity (Wildman–Crippen MR) is 65.2 cm³/mol. The summed E-state index contributed by atoms with van der Waals surface area (Å²) < 4.78 is 4.95. The monoisotopic (exact) mass is 228 g/mol. The summed E-state index contributed by atoms with van der Waals surface area (Å²) in [6.07, 6.45) is 5.37. The molecular formula is C13H24O3. The molecular weight excluding hydrogens is 204 g/mol. The van der Waals surface area contributed by atoms with Gasteiger partial charge in [0.2, 0.25) is 0 Å². The molecule has 0 aromatic carbocycles. The van der Waals surface area contributed by atoms with E-state index in [0.29, 0.717) is 12.2 Å². The van der Waals surface area contributed by atoms with Gasteiger partial charge >= 0.3 is 5.97 Å². The summed E-state index contributed by atoms with van der Waals surface area (Å²) in [5, 5.41) is 9.56. The van der Waals surface area contributed by atoms with Crippen LogP contribution in [-0.4, -0.2) is 23.8 Å². The summed E-state index contributed by atoms with van der Waals surface area (Å²) in [5.74, 6) is -0.327. The van der Waals surface area contributed by atoms with Gasteiger partial charge in [-0.2, -0.15) is 0 Å². The zero-order valence-electron chi connectivity index (χ0n) is 10.5. The molecule has 94 valence electrons. The topological polar surface area (TPSA) is 46.5 Å². The lowest BCUT2D eigenvalue weighted by Gasteiger charge is -2.09. The molecule has 0 aliphatic heterocycles. The quantitative estimate of drug-likeness (QED) is 0.375. The highest BCUT2D eigenvalue weighted by molar-refractivity contribution is 5.86. The summed E-state index contributed by atoms with van der Waals surface area (Å²) in [4.78, 5) is 11.0. The zero-order valence-corrected chi connectivity index (χ0v) is 10.5. The molecule has 0 aliphatic rings. The van der Waals surface area contributed by atoms with Gasteiger partial charge in [-0.25, -0.2) is 4.79 Å². The van der Waals surface area contributed by atoms with E-state index < -0.39 is 0 Å². The van der Waals surface area contributed by atoms with Crippen LogP contribution in [0, 0.1) is 0 Å². The van der Waals surface area contributed by atoms with Gasteiger partial charge in [0.15, 0.2) is 0 Å². The van der Waals surface area contributed by atoms with Gasteiger partial charge in [-0.05, 0) is 32.6 Å². The number of unbranched alkanes of at least 4 members (excludes halogenated alkanes) is 2. The molecule has 1 unspecified atom stereocenters. The van der Waals surface area contributed by atoms with E-state index in [1.165, 1.54) is 0 Å². The summed E-state index contributed by atoms with van der Waals surface area (Å²) >= 11 is 0. The molecule has 0 radical (unpaired) electrons. The highest BCUT2D eigenvalue weighted by Crippen LogP contribution is 2.08. The summed E-state index contributed by atoms with van der Waals surface area (Å²) in [7, 11) is 0. The molecule has 0 bridgehead atoms. The number of aliphatic hydroxyl groups excluding tert-OH is 1. The maximum absolute atomic E-state index is 11.0. The Morgan fingerprint density at radius 3 is 2.50 bits per heavy atom. The van der Waals surface area contributed by atoms with Crippen molar-refractivity contribution in [3.8, 4) is 0 Å². The molecule has 1 N–H and O–H groups in total. The maximum atomic E-state index is 11.0. The Morgan fingerprint density at radius 1 is 1.31 bits per heavy atom. The average molecular weight is 228 g/mol. The lowest BCUT2D eigenvalue weighted by Crippen LogP contribution is -2.09. The Labute approximate surface area is 98.5 Å². The van der Waals surface area contributed by atoms with Gasteiger partial charge < -0.3 is 9.84 Å². The Bertz CT molecular complexity index is 211. The van der Waals surface area contributed by atoms with Crippen molar-refractivity contribution in [2.45, 2.75) is 58.5 Å². The van der Waals surface area contributed by atoms with Crippen LogP contribution in [0.25, 0.3) is 0 Å². The Kier molecular flexibility index (Phi) is 8.91. The van der Waals surface area contributed by atoms with Crippen molar-refractivity contribution in [3.05, 3.63) is 12.2 Å². The van der Waals surface area contributed by atoms with Crippen molar-refractivity contribution in [2.24, 2.45) is 0 Å². The van der Waals surface area contributed by atoms with Crippen LogP contribution in [0.15, 0.2) is 12.2 Å². The fourth-order valence-electron chi connectivity index (χ4n) is 1.35. The normalized spacial score (nSPS) is 12.2. The predicted octanol–water partition coefficient (Wildman–Crippen LogP) is 2.83. The molecule has 3 nitrogen and oxygen atoms in total. The van der Waals surface area contributed by atoms with Crippen molar-refractivity contribution in [3.63, 3.8) is 0 Å². The second kappa shape index (κ2) is 9.40. The summed E-state index contributed by atoms with van der Waals surface area (Å²) in [6.45, 7) is 7.67. The number of esters is 1. The number of hydrogen-bond acceptors (Lipinski definition) is 3. The Hall–Kier alpha value is -0.830. The molecule has 0 amide bonds. The van der Waals surface area contributed by atoms with E-state index in [0.717, 1.165) is 38.5 Å². The molecule has 1 atom stereocenters. The SMILES string of the molecule is C=C(C)C(=O)OCCCCC(O)CCCC. The van der Waals surface area contributed by atoms with Crippen LogP contribution >= 0.6 is 0 Å². The van der Waals surface area contributed by atoms with Crippen LogP contribution in [0.5, 0.6) is 0 Å². The van der Waals surface area contributed by atoms with Gasteiger partial charge in [-0.3, -0.25) is 0 Å². The number of carbonyl (C=O) groups is 1. The zero-order chi connectivity index (χ0) is 12.4. The summed E-state index contributed by atoms with van der Waals surface area (Å²) in [6, 6.07) is 0. The minimum atomic E-state index is -0.327. The van der Waals surface area contributed by atoms with Gasteiger partial charge in [-0.15, -0.1) is 0 Å². The van der Waals surface area contributed by atoms with Crippen LogP contribution in [-0.2, 0) is 9.53 Å². The first-order chi connectivity index (χ1) is 7.57. The molecule has 3 heteroatoms. The van der Waals surface area contributed by atoms with Crippen molar-refractivity contribution >= 4 is 5.97 Å². The molecule has 0 heterocycles. The number of hydrogen-bond donors (Lipinski definition) is 1. The number of ether oxygens (including phenoxy) is 1. The van der Waals surface area contributed by atoms with Gasteiger partial charge in [0, 0.05) is 5.57 Å². The molecule has 0 rings (SSSR count). The first-order valence-electron chi connectivity index (χ1n) is 6.08. The highest BCUT2D eigenvalue weighted by Gasteiger charge is 2.04. The van der Waals surface area contributed by atoms with Crippen LogP contribution in [0.4, 0.5) is 0 Å². The van der Waals surface area contributed by atoms with Crippen LogP contribution < -0.4 is 0 Å². The molecule has 16 heavy (non-hydrogen) atoms. The fraction of sp³-hybridized carbons (Fsp3) is 0.769. The van der Waals surface area contributed by atoms with Gasteiger partial charge in [0.1, 0.15) is 0 Å². The largest absolute Gasteiger partial charge is 0.462 e. The molecule has 0 spiro atoms. The van der Waals surface area contributed by atoms with Gasteiger partial charge in [0.05, 0.1) is 12.7 Å².